The molecule has 0 saturated carbocycles. The number of piperidine rings is 1. The molecule has 1 aliphatic rings. The van der Waals surface area contributed by atoms with Gasteiger partial charge in [0.25, 0.3) is 0 Å². The maximum Gasteiger partial charge on any atom is 0.233 e. The van der Waals surface area contributed by atoms with Gasteiger partial charge in [0.15, 0.2) is 0 Å². The first-order valence-electron chi connectivity index (χ1n) is 7.74. The van der Waals surface area contributed by atoms with E-state index in [1.54, 1.807) is 6.33 Å². The van der Waals surface area contributed by atoms with Crippen LogP contribution in [0.15, 0.2) is 35.6 Å². The van der Waals surface area contributed by atoms with Crippen LogP contribution in [0.5, 0.6) is 0 Å². The Kier molecular flexibility index (Phi) is 4.62. The normalized spacial score (nSPS) is 22.0. The van der Waals surface area contributed by atoms with Crippen LogP contribution in [0.4, 0.5) is 0 Å². The predicted octanol–water partition coefficient (Wildman–Crippen LogP) is 3.23. The van der Waals surface area contributed by atoms with Crippen molar-refractivity contribution in [3.05, 3.63) is 30.6 Å². The van der Waals surface area contributed by atoms with Crippen LogP contribution in [0.2, 0.25) is 0 Å². The molecule has 1 fully saturated rings. The van der Waals surface area contributed by atoms with E-state index < -0.39 is 0 Å². The third-order valence-corrected chi connectivity index (χ3v) is 5.05. The number of carbonyl (C=O) groups excluding carboxylic acids is 1. The quantitative estimate of drug-likeness (QED) is 0.644. The van der Waals surface area contributed by atoms with Crippen molar-refractivity contribution in [3.63, 3.8) is 0 Å². The smallest absolute Gasteiger partial charge is 0.233 e. The van der Waals surface area contributed by atoms with E-state index in [1.807, 2.05) is 29.2 Å². The van der Waals surface area contributed by atoms with Crippen molar-refractivity contribution in [2.45, 2.75) is 25.3 Å². The summed E-state index contributed by atoms with van der Waals surface area (Å²) in [5.74, 6) is 1.85. The second kappa shape index (κ2) is 6.65. The number of aromatic nitrogens is 2. The van der Waals surface area contributed by atoms with E-state index in [0.29, 0.717) is 17.6 Å². The van der Waals surface area contributed by atoms with Crippen LogP contribution >= 0.6 is 11.8 Å². The number of likely N-dealkylation sites (tertiary alicyclic amines) is 1. The van der Waals surface area contributed by atoms with E-state index in [9.17, 15) is 4.79 Å². The van der Waals surface area contributed by atoms with Crippen LogP contribution in [0.25, 0.3) is 10.9 Å². The molecule has 0 bridgehead atoms. The molecule has 0 spiro atoms. The van der Waals surface area contributed by atoms with E-state index >= 15 is 0 Å². The van der Waals surface area contributed by atoms with Crippen LogP contribution in [-0.2, 0) is 4.79 Å². The highest BCUT2D eigenvalue weighted by Crippen LogP contribution is 2.26. The van der Waals surface area contributed by atoms with Crippen molar-refractivity contribution in [3.8, 4) is 0 Å². The summed E-state index contributed by atoms with van der Waals surface area (Å²) in [5, 5.41) is 1.90. The summed E-state index contributed by atoms with van der Waals surface area (Å²) in [6, 6.07) is 7.92. The maximum atomic E-state index is 12.5. The van der Waals surface area contributed by atoms with Gasteiger partial charge in [-0.2, -0.15) is 0 Å². The van der Waals surface area contributed by atoms with Crippen LogP contribution < -0.4 is 0 Å². The predicted molar refractivity (Wildman–Crippen MR) is 89.8 cm³/mol. The number of benzene rings is 1. The molecule has 2 atom stereocenters. The Balaban J connectivity index is 1.67. The van der Waals surface area contributed by atoms with E-state index in [0.717, 1.165) is 29.0 Å². The van der Waals surface area contributed by atoms with Gasteiger partial charge in [0.2, 0.25) is 5.91 Å². The third kappa shape index (κ3) is 3.40. The minimum Gasteiger partial charge on any atom is -0.341 e. The zero-order chi connectivity index (χ0) is 15.5. The summed E-state index contributed by atoms with van der Waals surface area (Å²) < 4.78 is 0. The topological polar surface area (TPSA) is 46.1 Å². The third-order valence-electron chi connectivity index (χ3n) is 4.06. The van der Waals surface area contributed by atoms with Gasteiger partial charge >= 0.3 is 0 Å². The lowest BCUT2D eigenvalue weighted by Gasteiger charge is -2.35. The molecular formula is C17H21N3OS. The first-order chi connectivity index (χ1) is 10.6. The lowest BCUT2D eigenvalue weighted by molar-refractivity contribution is -0.130. The summed E-state index contributed by atoms with van der Waals surface area (Å²) in [4.78, 5) is 23.1. The Morgan fingerprint density at radius 3 is 2.73 bits per heavy atom. The van der Waals surface area contributed by atoms with E-state index in [4.69, 9.17) is 0 Å². The standard InChI is InChI=1S/C17H21N3OS/c1-12-7-13(2)9-20(8-12)16(21)10-22-17-14-5-3-4-6-15(14)18-11-19-17/h3-6,11-13H,7-10H2,1-2H3/t12-,13-/m1/s1. The Morgan fingerprint density at radius 1 is 1.23 bits per heavy atom. The van der Waals surface area contributed by atoms with Crippen LogP contribution in [0, 0.1) is 11.8 Å². The fourth-order valence-electron chi connectivity index (χ4n) is 3.18. The molecule has 3 rings (SSSR count). The molecule has 0 unspecified atom stereocenters. The van der Waals surface area contributed by atoms with Gasteiger partial charge in [0.05, 0.1) is 11.3 Å². The molecular weight excluding hydrogens is 294 g/mol. The van der Waals surface area contributed by atoms with Crippen molar-refractivity contribution in [1.29, 1.82) is 0 Å². The largest absolute Gasteiger partial charge is 0.341 e. The lowest BCUT2D eigenvalue weighted by Crippen LogP contribution is -2.43. The summed E-state index contributed by atoms with van der Waals surface area (Å²) in [5.41, 5.74) is 0.924. The number of hydrogen-bond acceptors (Lipinski definition) is 4. The van der Waals surface area contributed by atoms with Gasteiger partial charge in [-0.3, -0.25) is 4.79 Å². The summed E-state index contributed by atoms with van der Waals surface area (Å²) in [6.07, 6.45) is 2.79. The molecule has 116 valence electrons. The van der Waals surface area contributed by atoms with Gasteiger partial charge in [0.1, 0.15) is 11.4 Å². The van der Waals surface area contributed by atoms with Gasteiger partial charge < -0.3 is 4.90 Å². The highest BCUT2D eigenvalue weighted by Gasteiger charge is 2.25. The Morgan fingerprint density at radius 2 is 1.95 bits per heavy atom. The first-order valence-corrected chi connectivity index (χ1v) is 8.72. The molecule has 1 aromatic heterocycles. The van der Waals surface area contributed by atoms with Gasteiger partial charge in [-0.05, 0) is 24.3 Å². The molecule has 0 radical (unpaired) electrons. The number of rotatable bonds is 3. The SMILES string of the molecule is C[C@@H]1C[C@@H](C)CN(C(=O)CSc2ncnc3ccccc23)C1. The fourth-order valence-corrected chi connectivity index (χ4v) is 4.08. The minimum absolute atomic E-state index is 0.214. The Bertz CT molecular complexity index is 661. The molecule has 1 aliphatic heterocycles. The zero-order valence-electron chi connectivity index (χ0n) is 13.0. The fraction of sp³-hybridized carbons (Fsp3) is 0.471. The molecule has 0 N–H and O–H groups in total. The Hall–Kier alpha value is -1.62. The highest BCUT2D eigenvalue weighted by molar-refractivity contribution is 8.00. The second-order valence-corrected chi connectivity index (χ2v) is 7.19. The lowest BCUT2D eigenvalue weighted by atomic mass is 9.92. The van der Waals surface area contributed by atoms with Crippen LogP contribution in [-0.4, -0.2) is 39.6 Å². The summed E-state index contributed by atoms with van der Waals surface area (Å²) in [6.45, 7) is 6.21. The molecule has 1 amide bonds. The molecule has 4 nitrogen and oxygen atoms in total. The number of amides is 1. The van der Waals surface area contributed by atoms with Gasteiger partial charge in [-0.25, -0.2) is 9.97 Å². The number of carbonyl (C=O) groups is 1. The molecule has 0 aliphatic carbocycles. The van der Waals surface area contributed by atoms with Crippen LogP contribution in [0.1, 0.15) is 20.3 Å². The van der Waals surface area contributed by atoms with Crippen molar-refractivity contribution in [2.24, 2.45) is 11.8 Å². The maximum absolute atomic E-state index is 12.5. The first kappa shape index (κ1) is 15.3. The number of nitrogens with zero attached hydrogens (tertiary/aromatic N) is 3. The number of fused-ring (bicyclic) bond motifs is 1. The molecule has 1 saturated heterocycles. The van der Waals surface area contributed by atoms with Gasteiger partial charge in [-0.15, -0.1) is 0 Å². The van der Waals surface area contributed by atoms with Crippen molar-refractivity contribution < 1.29 is 4.79 Å². The van der Waals surface area contributed by atoms with Gasteiger partial charge in [-0.1, -0.05) is 43.8 Å². The highest BCUT2D eigenvalue weighted by atomic mass is 32.2. The Labute approximate surface area is 135 Å². The zero-order valence-corrected chi connectivity index (χ0v) is 13.8. The van der Waals surface area contributed by atoms with Crippen molar-refractivity contribution >= 4 is 28.6 Å². The minimum atomic E-state index is 0.214. The molecule has 2 heterocycles. The summed E-state index contributed by atoms with van der Waals surface area (Å²) >= 11 is 1.51. The number of hydrogen-bond donors (Lipinski definition) is 0. The van der Waals surface area contributed by atoms with Crippen molar-refractivity contribution in [1.82, 2.24) is 14.9 Å². The van der Waals surface area contributed by atoms with Crippen molar-refractivity contribution in [2.75, 3.05) is 18.8 Å². The van der Waals surface area contributed by atoms with Gasteiger partial charge in [0, 0.05) is 18.5 Å². The summed E-state index contributed by atoms with van der Waals surface area (Å²) in [7, 11) is 0. The average Bonchev–Trinajstić information content (AvgIpc) is 2.51. The average molecular weight is 315 g/mol. The number of thioether (sulfide) groups is 1. The number of para-hydroxylation sites is 1. The second-order valence-electron chi connectivity index (χ2n) is 6.23. The molecule has 1 aromatic carbocycles. The molecule has 5 heteroatoms. The van der Waals surface area contributed by atoms with E-state index in [2.05, 4.69) is 23.8 Å². The molecule has 2 aromatic rings. The van der Waals surface area contributed by atoms with Crippen LogP contribution in [0.3, 0.4) is 0 Å². The molecule has 22 heavy (non-hydrogen) atoms. The monoisotopic (exact) mass is 315 g/mol. The van der Waals surface area contributed by atoms with E-state index in [1.165, 1.54) is 18.2 Å². The van der Waals surface area contributed by atoms with E-state index in [-0.39, 0.29) is 5.91 Å².